The Balaban J connectivity index is 0.000000227. The predicted molar refractivity (Wildman–Crippen MR) is 169 cm³/mol. The molecule has 4 aromatic rings. The third kappa shape index (κ3) is 9.57. The van der Waals surface area contributed by atoms with E-state index in [1.165, 1.54) is 22.3 Å². The van der Waals surface area contributed by atoms with Crippen LogP contribution in [0.3, 0.4) is 0 Å². The lowest BCUT2D eigenvalue weighted by Gasteiger charge is -2.05. The fourth-order valence-corrected chi connectivity index (χ4v) is 8.06. The first-order chi connectivity index (χ1) is 15.1. The summed E-state index contributed by atoms with van der Waals surface area (Å²) in [7, 11) is 0. The Morgan fingerprint density at radius 2 is 0.364 bits per heavy atom. The third-order valence-corrected chi connectivity index (χ3v) is 7.78. The van der Waals surface area contributed by atoms with E-state index in [2.05, 4.69) is 176 Å². The molecule has 0 unspecified atom stereocenters. The Bertz CT molecular complexity index is 995. The minimum Gasteiger partial charge on any atom is -0.412 e. The van der Waals surface area contributed by atoms with Gasteiger partial charge in [0.15, 0.2) is 0 Å². The smallest absolute Gasteiger partial charge is 0.0192 e. The average molecular weight is 958 g/mol. The highest BCUT2D eigenvalue weighted by Gasteiger charge is 2.04. The summed E-state index contributed by atoms with van der Waals surface area (Å²) in [6.45, 7) is 0. The van der Waals surface area contributed by atoms with E-state index in [9.17, 15) is 0 Å². The van der Waals surface area contributed by atoms with E-state index in [1.807, 2.05) is 24.3 Å². The van der Waals surface area contributed by atoms with E-state index in [0.717, 1.165) is 35.8 Å². The minimum absolute atomic E-state index is 0. The highest BCUT2D eigenvalue weighted by Crippen LogP contribution is 2.33. The summed E-state index contributed by atoms with van der Waals surface area (Å²) in [4.78, 5) is 0. The van der Waals surface area contributed by atoms with Gasteiger partial charge in [0, 0.05) is 35.8 Å². The van der Waals surface area contributed by atoms with Crippen molar-refractivity contribution >= 4 is 127 Å². The van der Waals surface area contributed by atoms with Crippen LogP contribution in [0.25, 0.3) is 22.3 Å². The van der Waals surface area contributed by atoms with E-state index in [0.29, 0.717) is 0 Å². The first kappa shape index (κ1) is 29.9. The SMILES string of the molecule is Brc1cc(Br)cc(-c2cc(Br)cc(Br)c2)c1.Brc1cc(Br)cc(-c2cc(Br)cc(Br)c2)c1.O. The van der Waals surface area contributed by atoms with E-state index in [-0.39, 0.29) is 5.48 Å². The van der Waals surface area contributed by atoms with Crippen molar-refractivity contribution in [3.05, 3.63) is 109 Å². The van der Waals surface area contributed by atoms with Gasteiger partial charge in [-0.05, 0) is 95.1 Å². The fourth-order valence-electron chi connectivity index (χ4n) is 2.88. The molecule has 0 heterocycles. The maximum Gasteiger partial charge on any atom is 0.0192 e. The zero-order chi connectivity index (χ0) is 23.4. The molecule has 0 saturated carbocycles. The second kappa shape index (κ2) is 13.8. The van der Waals surface area contributed by atoms with Crippen molar-refractivity contribution < 1.29 is 5.48 Å². The van der Waals surface area contributed by atoms with Crippen molar-refractivity contribution in [3.8, 4) is 22.3 Å². The van der Waals surface area contributed by atoms with Gasteiger partial charge in [0.25, 0.3) is 0 Å². The van der Waals surface area contributed by atoms with Crippen LogP contribution in [0.5, 0.6) is 0 Å². The molecule has 2 N–H and O–H groups in total. The predicted octanol–water partition coefficient (Wildman–Crippen LogP) is 12.0. The molecule has 9 heteroatoms. The lowest BCUT2D eigenvalue weighted by Crippen LogP contribution is -1.80. The van der Waals surface area contributed by atoms with Crippen molar-refractivity contribution in [1.82, 2.24) is 0 Å². The van der Waals surface area contributed by atoms with Crippen molar-refractivity contribution in [2.45, 2.75) is 0 Å². The molecule has 33 heavy (non-hydrogen) atoms. The van der Waals surface area contributed by atoms with Gasteiger partial charge in [0.2, 0.25) is 0 Å². The molecule has 4 aromatic carbocycles. The van der Waals surface area contributed by atoms with Crippen LogP contribution in [-0.4, -0.2) is 5.48 Å². The van der Waals surface area contributed by atoms with Gasteiger partial charge >= 0.3 is 0 Å². The van der Waals surface area contributed by atoms with Gasteiger partial charge in [0.05, 0.1) is 0 Å². The first-order valence-electron chi connectivity index (χ1n) is 8.94. The Morgan fingerprint density at radius 3 is 0.485 bits per heavy atom. The standard InChI is InChI=1S/2C12H6Br4.H2O/c2*13-9-1-7(2-10(14)5-9)8-3-11(15)6-12(16)4-8;/h2*1-6H;1H2. The molecule has 0 atom stereocenters. The van der Waals surface area contributed by atoms with Gasteiger partial charge in [-0.15, -0.1) is 0 Å². The molecule has 172 valence electrons. The summed E-state index contributed by atoms with van der Waals surface area (Å²) in [5.41, 5.74) is 4.68. The van der Waals surface area contributed by atoms with Crippen LogP contribution in [0.15, 0.2) is 109 Å². The van der Waals surface area contributed by atoms with Crippen molar-refractivity contribution in [2.24, 2.45) is 0 Å². The zero-order valence-corrected chi connectivity index (χ0v) is 29.1. The maximum absolute atomic E-state index is 3.49. The fraction of sp³-hybridized carbons (Fsp3) is 0. The molecule has 0 fully saturated rings. The molecular formula is C24H14Br8O. The average Bonchev–Trinajstić information content (AvgIpc) is 2.65. The quantitative estimate of drug-likeness (QED) is 0.192. The minimum atomic E-state index is 0. The summed E-state index contributed by atoms with van der Waals surface area (Å²) < 4.78 is 8.50. The van der Waals surface area contributed by atoms with E-state index in [1.54, 1.807) is 0 Å². The van der Waals surface area contributed by atoms with Crippen LogP contribution < -0.4 is 0 Å². The summed E-state index contributed by atoms with van der Waals surface area (Å²) in [6.07, 6.45) is 0. The Hall–Kier alpha value is 0.680. The van der Waals surface area contributed by atoms with Gasteiger partial charge in [-0.25, -0.2) is 0 Å². The molecule has 4 rings (SSSR count). The summed E-state index contributed by atoms with van der Waals surface area (Å²) in [5.74, 6) is 0. The number of rotatable bonds is 2. The lowest BCUT2D eigenvalue weighted by atomic mass is 10.1. The molecule has 0 amide bonds. The Morgan fingerprint density at radius 1 is 0.242 bits per heavy atom. The molecule has 0 aliphatic rings. The monoisotopic (exact) mass is 949 g/mol. The van der Waals surface area contributed by atoms with Crippen molar-refractivity contribution in [2.75, 3.05) is 0 Å². The van der Waals surface area contributed by atoms with Gasteiger partial charge in [0.1, 0.15) is 0 Å². The van der Waals surface area contributed by atoms with E-state index < -0.39 is 0 Å². The first-order valence-corrected chi connectivity index (χ1v) is 15.3. The van der Waals surface area contributed by atoms with Gasteiger partial charge in [-0.3, -0.25) is 0 Å². The summed E-state index contributed by atoms with van der Waals surface area (Å²) in [6, 6.07) is 24.9. The molecule has 1 nitrogen and oxygen atoms in total. The molecular weight excluding hydrogens is 943 g/mol. The second-order valence-electron chi connectivity index (χ2n) is 6.63. The van der Waals surface area contributed by atoms with Gasteiger partial charge in [-0.1, -0.05) is 127 Å². The van der Waals surface area contributed by atoms with E-state index in [4.69, 9.17) is 0 Å². The molecule has 0 bridgehead atoms. The topological polar surface area (TPSA) is 31.5 Å². The number of hydrogen-bond donors (Lipinski definition) is 0. The molecule has 0 spiro atoms. The molecule has 0 saturated heterocycles. The molecule has 0 aromatic heterocycles. The lowest BCUT2D eigenvalue weighted by molar-refractivity contribution is 0.824. The molecule has 0 aliphatic carbocycles. The van der Waals surface area contributed by atoms with Crippen LogP contribution in [-0.2, 0) is 0 Å². The summed E-state index contributed by atoms with van der Waals surface area (Å²) >= 11 is 28.0. The Kier molecular flexibility index (Phi) is 12.5. The van der Waals surface area contributed by atoms with Crippen LogP contribution in [0.1, 0.15) is 0 Å². The second-order valence-corrected chi connectivity index (χ2v) is 14.0. The van der Waals surface area contributed by atoms with Crippen molar-refractivity contribution in [3.63, 3.8) is 0 Å². The van der Waals surface area contributed by atoms with Crippen molar-refractivity contribution in [1.29, 1.82) is 0 Å². The van der Waals surface area contributed by atoms with Gasteiger partial charge in [-0.2, -0.15) is 0 Å². The number of halogens is 8. The summed E-state index contributed by atoms with van der Waals surface area (Å²) in [5, 5.41) is 0. The van der Waals surface area contributed by atoms with Crippen LogP contribution in [0.4, 0.5) is 0 Å². The Labute approximate surface area is 260 Å². The maximum atomic E-state index is 3.49. The number of benzene rings is 4. The molecule has 0 radical (unpaired) electrons. The van der Waals surface area contributed by atoms with Gasteiger partial charge < -0.3 is 5.48 Å². The highest BCUT2D eigenvalue weighted by atomic mass is 79.9. The van der Waals surface area contributed by atoms with Crippen LogP contribution in [0.2, 0.25) is 0 Å². The zero-order valence-electron chi connectivity index (χ0n) is 16.5. The highest BCUT2D eigenvalue weighted by molar-refractivity contribution is 9.12. The molecule has 0 aliphatic heterocycles. The normalized spacial score (nSPS) is 10.2. The van der Waals surface area contributed by atoms with E-state index >= 15 is 0 Å². The number of hydrogen-bond acceptors (Lipinski definition) is 0. The largest absolute Gasteiger partial charge is 0.412 e. The third-order valence-electron chi connectivity index (χ3n) is 4.12. The van der Waals surface area contributed by atoms with Crippen LogP contribution >= 0.6 is 127 Å². The van der Waals surface area contributed by atoms with Crippen LogP contribution in [0, 0.1) is 0 Å².